The fourth-order valence-electron chi connectivity index (χ4n) is 1.61. The molecule has 1 N–H and O–H groups in total. The number of alkyl carbamates (subject to hydrolysis) is 1. The van der Waals surface area contributed by atoms with Crippen molar-refractivity contribution < 1.29 is 40.1 Å². The molecule has 2 unspecified atom stereocenters. The van der Waals surface area contributed by atoms with Crippen molar-refractivity contribution in [1.82, 2.24) is 5.32 Å². The van der Waals surface area contributed by atoms with Crippen molar-refractivity contribution in [2.75, 3.05) is 41.3 Å². The lowest BCUT2D eigenvalue weighted by Crippen LogP contribution is -2.61. The number of carbonyl (C=O) groups is 1. The van der Waals surface area contributed by atoms with Crippen LogP contribution in [0.2, 0.25) is 0 Å². The van der Waals surface area contributed by atoms with Crippen LogP contribution in [0.25, 0.3) is 0 Å². The van der Waals surface area contributed by atoms with Crippen LogP contribution in [0.4, 0.5) is 22.1 Å². The highest BCUT2D eigenvalue weighted by Gasteiger charge is 2.48. The zero-order valence-electron chi connectivity index (χ0n) is 15.9. The summed E-state index contributed by atoms with van der Waals surface area (Å²) in [6, 6.07) is 0. The summed E-state index contributed by atoms with van der Waals surface area (Å²) in [7, 11) is -5.57. The van der Waals surface area contributed by atoms with Gasteiger partial charge in [0.05, 0.1) is 20.0 Å². The normalized spacial score (nSPS) is 14.9. The molecule has 0 bridgehead atoms. The van der Waals surface area contributed by atoms with Crippen LogP contribution >= 0.6 is 7.26 Å². The van der Waals surface area contributed by atoms with Gasteiger partial charge in [-0.15, -0.1) is 0 Å². The SMILES string of the molecule is CCC(NC(=O)OC(C)[P+](C)(C)C)[Si](OC)(OC)OC.F[B-](F)(F)F. The monoisotopic (exact) mass is 413 g/mol. The van der Waals surface area contributed by atoms with Crippen molar-refractivity contribution in [3.8, 4) is 0 Å². The van der Waals surface area contributed by atoms with Gasteiger partial charge in [-0.2, -0.15) is 0 Å². The largest absolute Gasteiger partial charge is 0.673 e. The quantitative estimate of drug-likeness (QED) is 0.375. The Kier molecular flexibility index (Phi) is 12.1. The van der Waals surface area contributed by atoms with E-state index in [4.69, 9.17) is 18.0 Å². The van der Waals surface area contributed by atoms with E-state index < -0.39 is 29.4 Å². The average Bonchev–Trinajstić information content (AvgIpc) is 2.45. The molecular formula is C12H29BF4NO5PSi. The van der Waals surface area contributed by atoms with Crippen LogP contribution in [0.1, 0.15) is 20.3 Å². The zero-order valence-corrected chi connectivity index (χ0v) is 17.8. The van der Waals surface area contributed by atoms with E-state index in [1.807, 2.05) is 13.8 Å². The molecule has 0 saturated heterocycles. The van der Waals surface area contributed by atoms with Crippen LogP contribution in [0, 0.1) is 0 Å². The first kappa shape index (κ1) is 26.8. The Morgan fingerprint density at radius 2 is 1.44 bits per heavy atom. The summed E-state index contributed by atoms with van der Waals surface area (Å²) >= 11 is 0. The summed E-state index contributed by atoms with van der Waals surface area (Å²) in [6.07, 6.45) is 0.179. The van der Waals surface area contributed by atoms with Gasteiger partial charge in [0, 0.05) is 35.5 Å². The third kappa shape index (κ3) is 11.7. The van der Waals surface area contributed by atoms with Gasteiger partial charge in [0.25, 0.3) is 0 Å². The molecule has 152 valence electrons. The molecule has 25 heavy (non-hydrogen) atoms. The minimum absolute atomic E-state index is 0.0938. The van der Waals surface area contributed by atoms with E-state index >= 15 is 0 Å². The second-order valence-electron chi connectivity index (χ2n) is 5.94. The maximum atomic E-state index is 12.0. The van der Waals surface area contributed by atoms with Gasteiger partial charge in [-0.05, 0) is 6.42 Å². The van der Waals surface area contributed by atoms with Crippen LogP contribution in [-0.2, 0) is 18.0 Å². The fourth-order valence-corrected chi connectivity index (χ4v) is 4.17. The van der Waals surface area contributed by atoms with Crippen molar-refractivity contribution in [3.63, 3.8) is 0 Å². The van der Waals surface area contributed by atoms with Gasteiger partial charge >= 0.3 is 22.2 Å². The first-order valence-electron chi connectivity index (χ1n) is 7.47. The summed E-state index contributed by atoms with van der Waals surface area (Å²) in [5, 5.41) is 2.81. The number of rotatable bonds is 8. The zero-order chi connectivity index (χ0) is 20.5. The van der Waals surface area contributed by atoms with Crippen molar-refractivity contribution >= 4 is 29.4 Å². The van der Waals surface area contributed by atoms with E-state index in [0.29, 0.717) is 6.42 Å². The predicted molar refractivity (Wildman–Crippen MR) is 94.8 cm³/mol. The van der Waals surface area contributed by atoms with Crippen LogP contribution in [0.5, 0.6) is 0 Å². The van der Waals surface area contributed by atoms with Crippen LogP contribution < -0.4 is 5.32 Å². The molecule has 0 spiro atoms. The molecule has 0 fully saturated rings. The Bertz CT molecular complexity index is 382. The predicted octanol–water partition coefficient (Wildman–Crippen LogP) is 3.46. The number of ether oxygens (including phenoxy) is 1. The van der Waals surface area contributed by atoms with Crippen LogP contribution in [0.3, 0.4) is 0 Å². The molecule has 13 heteroatoms. The molecule has 0 aliphatic heterocycles. The van der Waals surface area contributed by atoms with Gasteiger partial charge in [0.2, 0.25) is 5.85 Å². The van der Waals surface area contributed by atoms with Gasteiger partial charge in [0.15, 0.2) is 0 Å². The topological polar surface area (TPSA) is 66.0 Å². The number of hydrogen-bond donors (Lipinski definition) is 1. The fraction of sp³-hybridized carbons (Fsp3) is 0.917. The summed E-state index contributed by atoms with van der Waals surface area (Å²) in [4.78, 5) is 12.0. The number of amides is 1. The minimum Gasteiger partial charge on any atom is -0.418 e. The van der Waals surface area contributed by atoms with E-state index in [2.05, 4.69) is 25.3 Å². The molecular weight excluding hydrogens is 384 g/mol. The van der Waals surface area contributed by atoms with E-state index in [0.717, 1.165) is 0 Å². The number of halogens is 4. The second-order valence-corrected chi connectivity index (χ2v) is 14.0. The van der Waals surface area contributed by atoms with E-state index in [-0.39, 0.29) is 11.5 Å². The first-order chi connectivity index (χ1) is 11.2. The molecule has 0 heterocycles. The Morgan fingerprint density at radius 3 is 1.68 bits per heavy atom. The highest BCUT2D eigenvalue weighted by Crippen LogP contribution is 2.52. The third-order valence-electron chi connectivity index (χ3n) is 3.35. The van der Waals surface area contributed by atoms with Crippen molar-refractivity contribution in [2.24, 2.45) is 0 Å². The standard InChI is InChI=1S/C12H28NO5PSi.BF4/c1-9-11(20(15-3,16-4)17-5)13-12(14)18-10(2)19(6,7)8;2-1(3,4)5/h10-11H,9H2,1-8H3;/q;-1/p+1. The van der Waals surface area contributed by atoms with E-state index in [1.54, 1.807) is 0 Å². The molecule has 0 aromatic carbocycles. The lowest BCUT2D eigenvalue weighted by molar-refractivity contribution is 0.0973. The molecule has 0 aliphatic rings. The lowest BCUT2D eigenvalue weighted by Gasteiger charge is -2.32. The number of hydrogen-bond acceptors (Lipinski definition) is 5. The number of nitrogens with one attached hydrogen (secondary N) is 1. The summed E-state index contributed by atoms with van der Waals surface area (Å²) in [5.41, 5.74) is -0.333. The molecule has 2 atom stereocenters. The second kappa shape index (κ2) is 11.3. The van der Waals surface area contributed by atoms with Gasteiger partial charge < -0.3 is 40.6 Å². The lowest BCUT2D eigenvalue weighted by atomic mass is 10.3. The highest BCUT2D eigenvalue weighted by molar-refractivity contribution is 7.74. The Morgan fingerprint density at radius 1 is 1.08 bits per heavy atom. The van der Waals surface area contributed by atoms with Crippen LogP contribution in [-0.4, -0.2) is 75.0 Å². The van der Waals surface area contributed by atoms with Crippen molar-refractivity contribution in [3.05, 3.63) is 0 Å². The maximum absolute atomic E-state index is 12.0. The molecule has 0 aromatic rings. The van der Waals surface area contributed by atoms with Crippen molar-refractivity contribution in [2.45, 2.75) is 31.8 Å². The smallest absolute Gasteiger partial charge is 0.418 e. The Hall–Kier alpha value is -0.418. The van der Waals surface area contributed by atoms with Gasteiger partial charge in [-0.3, -0.25) is 0 Å². The molecule has 0 aromatic heterocycles. The molecule has 0 rings (SSSR count). The van der Waals surface area contributed by atoms with Crippen molar-refractivity contribution in [1.29, 1.82) is 0 Å². The Labute approximate surface area is 148 Å². The van der Waals surface area contributed by atoms with Crippen LogP contribution in [0.15, 0.2) is 0 Å². The van der Waals surface area contributed by atoms with Gasteiger partial charge in [-0.1, -0.05) is 6.92 Å². The first-order valence-corrected chi connectivity index (χ1v) is 12.5. The molecule has 0 saturated carbocycles. The Balaban J connectivity index is 0. The highest BCUT2D eigenvalue weighted by atomic mass is 31.2. The molecule has 0 aliphatic carbocycles. The third-order valence-corrected chi connectivity index (χ3v) is 8.75. The molecule has 0 radical (unpaired) electrons. The number of carbonyl (C=O) groups excluding carboxylic acids is 1. The maximum Gasteiger partial charge on any atom is 0.673 e. The molecule has 6 nitrogen and oxygen atoms in total. The molecule has 1 amide bonds. The summed E-state index contributed by atoms with van der Waals surface area (Å²) in [5.74, 6) is -0.0938. The van der Waals surface area contributed by atoms with E-state index in [9.17, 15) is 22.1 Å². The summed E-state index contributed by atoms with van der Waals surface area (Å²) in [6.45, 7) is 10.2. The summed E-state index contributed by atoms with van der Waals surface area (Å²) < 4.78 is 60.6. The average molecular weight is 413 g/mol. The minimum atomic E-state index is -6.00. The van der Waals surface area contributed by atoms with Gasteiger partial charge in [-0.25, -0.2) is 4.79 Å². The van der Waals surface area contributed by atoms with Gasteiger partial charge in [0.1, 0.15) is 5.67 Å². The van der Waals surface area contributed by atoms with E-state index in [1.165, 1.54) is 21.3 Å².